The number of pyridine rings is 1. The molecule has 1 unspecified atom stereocenters. The second kappa shape index (κ2) is 6.98. The number of amides is 1. The number of ether oxygens (including phenoxy) is 1. The molecular weight excluding hydrogens is 218 g/mol. The van der Waals surface area contributed by atoms with E-state index in [1.54, 1.807) is 13.3 Å². The van der Waals surface area contributed by atoms with Gasteiger partial charge in [-0.05, 0) is 25.5 Å². The number of methoxy groups -OCH3 is 1. The predicted molar refractivity (Wildman–Crippen MR) is 65.3 cm³/mol. The third-order valence-corrected chi connectivity index (χ3v) is 2.46. The summed E-state index contributed by atoms with van der Waals surface area (Å²) >= 11 is 0. The number of aromatic nitrogens is 1. The third-order valence-electron chi connectivity index (χ3n) is 2.46. The Labute approximate surface area is 101 Å². The zero-order chi connectivity index (χ0) is 12.7. The minimum atomic E-state index is -0.541. The SMILES string of the molecule is COCCC(N)C(=O)N[C@@H](C)c1ccccn1. The zero-order valence-corrected chi connectivity index (χ0v) is 10.2. The summed E-state index contributed by atoms with van der Waals surface area (Å²) in [7, 11) is 1.58. The highest BCUT2D eigenvalue weighted by Crippen LogP contribution is 2.07. The lowest BCUT2D eigenvalue weighted by molar-refractivity contribution is -0.123. The van der Waals surface area contributed by atoms with E-state index in [0.29, 0.717) is 13.0 Å². The molecule has 1 heterocycles. The Morgan fingerprint density at radius 2 is 2.35 bits per heavy atom. The van der Waals surface area contributed by atoms with E-state index in [1.165, 1.54) is 0 Å². The van der Waals surface area contributed by atoms with Crippen molar-refractivity contribution in [2.45, 2.75) is 25.4 Å². The molecule has 0 spiro atoms. The molecule has 0 radical (unpaired) electrons. The standard InChI is InChI=1S/C12H19N3O2/c1-9(11-5-3-4-7-14-11)15-12(16)10(13)6-8-17-2/h3-5,7,9-10H,6,8,13H2,1-2H3,(H,15,16)/t9-,10?/m0/s1. The molecule has 0 aliphatic heterocycles. The molecule has 0 saturated heterocycles. The van der Waals surface area contributed by atoms with Crippen molar-refractivity contribution in [3.8, 4) is 0 Å². The first-order valence-corrected chi connectivity index (χ1v) is 5.61. The van der Waals surface area contributed by atoms with E-state index in [-0.39, 0.29) is 11.9 Å². The molecule has 2 atom stereocenters. The summed E-state index contributed by atoms with van der Waals surface area (Å²) in [4.78, 5) is 15.9. The molecule has 1 aromatic heterocycles. The van der Waals surface area contributed by atoms with Crippen LogP contribution in [0.1, 0.15) is 25.1 Å². The minimum Gasteiger partial charge on any atom is -0.385 e. The first-order valence-electron chi connectivity index (χ1n) is 5.61. The molecule has 94 valence electrons. The van der Waals surface area contributed by atoms with Crippen molar-refractivity contribution in [3.05, 3.63) is 30.1 Å². The van der Waals surface area contributed by atoms with Gasteiger partial charge in [0.25, 0.3) is 0 Å². The fourth-order valence-electron chi connectivity index (χ4n) is 1.40. The highest BCUT2D eigenvalue weighted by Gasteiger charge is 2.16. The van der Waals surface area contributed by atoms with E-state index in [0.717, 1.165) is 5.69 Å². The fourth-order valence-corrected chi connectivity index (χ4v) is 1.40. The Morgan fingerprint density at radius 3 is 2.94 bits per heavy atom. The maximum absolute atomic E-state index is 11.7. The highest BCUT2D eigenvalue weighted by molar-refractivity contribution is 5.81. The maximum Gasteiger partial charge on any atom is 0.237 e. The molecule has 0 aromatic carbocycles. The third kappa shape index (κ3) is 4.50. The van der Waals surface area contributed by atoms with Gasteiger partial charge in [0.1, 0.15) is 0 Å². The van der Waals surface area contributed by atoms with Crippen molar-refractivity contribution < 1.29 is 9.53 Å². The number of nitrogens with one attached hydrogen (secondary N) is 1. The average Bonchev–Trinajstić information content (AvgIpc) is 2.36. The second-order valence-corrected chi connectivity index (χ2v) is 3.87. The quantitative estimate of drug-likeness (QED) is 0.760. The molecule has 1 amide bonds. The van der Waals surface area contributed by atoms with Crippen LogP contribution in [-0.2, 0) is 9.53 Å². The Hall–Kier alpha value is -1.46. The lowest BCUT2D eigenvalue weighted by atomic mass is 10.1. The number of rotatable bonds is 6. The van der Waals surface area contributed by atoms with Crippen molar-refractivity contribution in [2.24, 2.45) is 5.73 Å². The van der Waals surface area contributed by atoms with Gasteiger partial charge in [-0.3, -0.25) is 9.78 Å². The van der Waals surface area contributed by atoms with E-state index in [4.69, 9.17) is 10.5 Å². The van der Waals surface area contributed by atoms with Crippen LogP contribution in [-0.4, -0.2) is 30.6 Å². The smallest absolute Gasteiger partial charge is 0.237 e. The van der Waals surface area contributed by atoms with Crippen molar-refractivity contribution in [1.82, 2.24) is 10.3 Å². The Kier molecular flexibility index (Phi) is 5.59. The van der Waals surface area contributed by atoms with Gasteiger partial charge in [0.05, 0.1) is 17.8 Å². The Bertz CT molecular complexity index is 343. The summed E-state index contributed by atoms with van der Waals surface area (Å²) in [5, 5.41) is 2.82. The lowest BCUT2D eigenvalue weighted by Gasteiger charge is -2.16. The molecule has 0 aliphatic carbocycles. The average molecular weight is 237 g/mol. The van der Waals surface area contributed by atoms with Crippen LogP contribution in [0.3, 0.4) is 0 Å². The summed E-state index contributed by atoms with van der Waals surface area (Å²) in [5.74, 6) is -0.180. The fraction of sp³-hybridized carbons (Fsp3) is 0.500. The predicted octanol–water partition coefficient (Wildman–Crippen LogP) is 0.623. The first kappa shape index (κ1) is 13.6. The van der Waals surface area contributed by atoms with Crippen molar-refractivity contribution in [1.29, 1.82) is 0 Å². The van der Waals surface area contributed by atoms with Gasteiger partial charge in [-0.25, -0.2) is 0 Å². The van der Waals surface area contributed by atoms with Crippen LogP contribution < -0.4 is 11.1 Å². The van der Waals surface area contributed by atoms with Crippen LogP contribution in [0.5, 0.6) is 0 Å². The molecule has 3 N–H and O–H groups in total. The van der Waals surface area contributed by atoms with Gasteiger partial charge in [-0.1, -0.05) is 6.07 Å². The number of hydrogen-bond acceptors (Lipinski definition) is 4. The van der Waals surface area contributed by atoms with E-state index < -0.39 is 6.04 Å². The molecule has 0 saturated carbocycles. The van der Waals surface area contributed by atoms with Crippen molar-refractivity contribution >= 4 is 5.91 Å². The monoisotopic (exact) mass is 237 g/mol. The second-order valence-electron chi connectivity index (χ2n) is 3.87. The summed E-state index contributed by atoms with van der Waals surface area (Å²) in [5.41, 5.74) is 6.54. The highest BCUT2D eigenvalue weighted by atomic mass is 16.5. The van der Waals surface area contributed by atoms with Gasteiger partial charge < -0.3 is 15.8 Å². The number of carbonyl (C=O) groups excluding carboxylic acids is 1. The van der Waals surface area contributed by atoms with Gasteiger partial charge in [-0.2, -0.15) is 0 Å². The molecule has 5 heteroatoms. The van der Waals surface area contributed by atoms with Gasteiger partial charge in [0.2, 0.25) is 5.91 Å². The summed E-state index contributed by atoms with van der Waals surface area (Å²) in [6.07, 6.45) is 2.21. The Balaban J connectivity index is 2.46. The number of nitrogens with zero attached hydrogens (tertiary/aromatic N) is 1. The molecule has 1 aromatic rings. The van der Waals surface area contributed by atoms with Crippen LogP contribution in [0.15, 0.2) is 24.4 Å². The molecule has 1 rings (SSSR count). The normalized spacial score (nSPS) is 14.1. The van der Waals surface area contributed by atoms with Gasteiger partial charge >= 0.3 is 0 Å². The van der Waals surface area contributed by atoms with E-state index in [1.807, 2.05) is 25.1 Å². The number of carbonyl (C=O) groups is 1. The lowest BCUT2D eigenvalue weighted by Crippen LogP contribution is -2.42. The Morgan fingerprint density at radius 1 is 1.59 bits per heavy atom. The summed E-state index contributed by atoms with van der Waals surface area (Å²) < 4.78 is 4.88. The van der Waals surface area contributed by atoms with Crippen LogP contribution in [0.4, 0.5) is 0 Å². The minimum absolute atomic E-state index is 0.141. The van der Waals surface area contributed by atoms with E-state index in [9.17, 15) is 4.79 Å². The van der Waals surface area contributed by atoms with E-state index in [2.05, 4.69) is 10.3 Å². The molecule has 0 bridgehead atoms. The zero-order valence-electron chi connectivity index (χ0n) is 10.2. The number of nitrogens with two attached hydrogens (primary N) is 1. The summed E-state index contributed by atoms with van der Waals surface area (Å²) in [6, 6.07) is 4.91. The van der Waals surface area contributed by atoms with Gasteiger partial charge in [-0.15, -0.1) is 0 Å². The molecule has 17 heavy (non-hydrogen) atoms. The largest absolute Gasteiger partial charge is 0.385 e. The van der Waals surface area contributed by atoms with Crippen LogP contribution >= 0.6 is 0 Å². The molecular formula is C12H19N3O2. The topological polar surface area (TPSA) is 77.2 Å². The maximum atomic E-state index is 11.7. The van der Waals surface area contributed by atoms with Crippen LogP contribution in [0.25, 0.3) is 0 Å². The van der Waals surface area contributed by atoms with Gasteiger partial charge in [0.15, 0.2) is 0 Å². The summed E-state index contributed by atoms with van der Waals surface area (Å²) in [6.45, 7) is 2.36. The molecule has 0 aliphatic rings. The molecule has 5 nitrogen and oxygen atoms in total. The van der Waals surface area contributed by atoms with E-state index >= 15 is 0 Å². The van der Waals surface area contributed by atoms with Crippen LogP contribution in [0.2, 0.25) is 0 Å². The number of hydrogen-bond donors (Lipinski definition) is 2. The van der Waals surface area contributed by atoms with Crippen molar-refractivity contribution in [2.75, 3.05) is 13.7 Å². The first-order chi connectivity index (χ1) is 8.15. The molecule has 0 fully saturated rings. The van der Waals surface area contributed by atoms with Crippen molar-refractivity contribution in [3.63, 3.8) is 0 Å². The van der Waals surface area contributed by atoms with Gasteiger partial charge in [0, 0.05) is 19.9 Å². The van der Waals surface area contributed by atoms with Crippen LogP contribution in [0, 0.1) is 0 Å².